The van der Waals surface area contributed by atoms with Crippen molar-refractivity contribution in [2.24, 2.45) is 7.05 Å². The first kappa shape index (κ1) is 18.7. The second kappa shape index (κ2) is 11.3. The van der Waals surface area contributed by atoms with Crippen molar-refractivity contribution in [2.75, 3.05) is 0 Å². The summed E-state index contributed by atoms with van der Waals surface area (Å²) in [6.07, 6.45) is 17.9. The van der Waals surface area contributed by atoms with Gasteiger partial charge in [0.25, 0.3) is 5.82 Å². The minimum Gasteiger partial charge on any atom is -0.546 e. The van der Waals surface area contributed by atoms with Crippen molar-refractivity contribution in [1.29, 1.82) is 0 Å². The molecule has 1 rings (SSSR count). The molecule has 0 N–H and O–H groups in total. The molecular weight excluding hydrogens is 276 g/mol. The van der Waals surface area contributed by atoms with Gasteiger partial charge in [-0.05, 0) is 6.42 Å². The average molecular weight is 308 g/mol. The van der Waals surface area contributed by atoms with Gasteiger partial charge in [0.15, 0.2) is 0 Å². The molecule has 0 aliphatic rings. The Morgan fingerprint density at radius 3 is 2.14 bits per heavy atom. The summed E-state index contributed by atoms with van der Waals surface area (Å²) in [6.45, 7) is 2.21. The van der Waals surface area contributed by atoms with E-state index in [4.69, 9.17) is 0 Å². The zero-order chi connectivity index (χ0) is 16.2. The number of carboxylic acid groups (broad SMARTS) is 1. The van der Waals surface area contributed by atoms with Crippen LogP contribution in [0.15, 0.2) is 12.4 Å². The minimum absolute atomic E-state index is 0.0477. The molecule has 0 radical (unpaired) electrons. The fourth-order valence-electron chi connectivity index (χ4n) is 2.93. The van der Waals surface area contributed by atoms with Gasteiger partial charge < -0.3 is 9.90 Å². The van der Waals surface area contributed by atoms with Crippen LogP contribution < -0.4 is 9.67 Å². The lowest BCUT2D eigenvalue weighted by Gasteiger charge is -2.04. The van der Waals surface area contributed by atoms with Crippen LogP contribution in [0.4, 0.5) is 0 Å². The Morgan fingerprint density at radius 1 is 1.05 bits per heavy atom. The van der Waals surface area contributed by atoms with Gasteiger partial charge in [0.05, 0.1) is 13.0 Å². The van der Waals surface area contributed by atoms with Crippen LogP contribution in [0.2, 0.25) is 0 Å². The van der Waals surface area contributed by atoms with Crippen molar-refractivity contribution in [2.45, 2.75) is 84.1 Å². The number of carbonyl (C=O) groups is 1. The first-order chi connectivity index (χ1) is 10.6. The number of nitrogens with zero attached hydrogens (tertiary/aromatic N) is 2. The summed E-state index contributed by atoms with van der Waals surface area (Å²) >= 11 is 0. The zero-order valence-corrected chi connectivity index (χ0v) is 14.4. The Labute approximate surface area is 135 Å². The molecule has 1 aromatic rings. The largest absolute Gasteiger partial charge is 0.546 e. The number of unbranched alkanes of at least 4 members (excludes halogenated alkanes) is 9. The SMILES string of the molecule is CCCCCCCCCCCCc1n(CC(=O)[O-])cc[n+]1C. The molecule has 0 aromatic carbocycles. The van der Waals surface area contributed by atoms with Gasteiger partial charge in [-0.15, -0.1) is 0 Å². The van der Waals surface area contributed by atoms with Crippen molar-refractivity contribution in [3.8, 4) is 0 Å². The van der Waals surface area contributed by atoms with E-state index in [1.807, 2.05) is 24.0 Å². The number of carbonyl (C=O) groups excluding carboxylic acids is 1. The maximum absolute atomic E-state index is 10.7. The lowest BCUT2D eigenvalue weighted by Crippen LogP contribution is -2.34. The quantitative estimate of drug-likeness (QED) is 0.415. The predicted octanol–water partition coefficient (Wildman–Crippen LogP) is 2.53. The van der Waals surface area contributed by atoms with Crippen molar-refractivity contribution >= 4 is 5.97 Å². The molecule has 22 heavy (non-hydrogen) atoms. The lowest BCUT2D eigenvalue weighted by atomic mass is 10.1. The molecule has 0 saturated heterocycles. The number of carboxylic acids is 1. The number of rotatable bonds is 13. The second-order valence-electron chi connectivity index (χ2n) is 6.26. The third-order valence-corrected chi connectivity index (χ3v) is 4.26. The van der Waals surface area contributed by atoms with Gasteiger partial charge in [0.2, 0.25) is 0 Å². The van der Waals surface area contributed by atoms with Crippen LogP contribution >= 0.6 is 0 Å². The van der Waals surface area contributed by atoms with Gasteiger partial charge in [-0.25, -0.2) is 9.13 Å². The van der Waals surface area contributed by atoms with E-state index in [0.29, 0.717) is 0 Å². The van der Waals surface area contributed by atoms with E-state index < -0.39 is 5.97 Å². The maximum Gasteiger partial charge on any atom is 0.256 e. The van der Waals surface area contributed by atoms with E-state index in [-0.39, 0.29) is 6.54 Å². The van der Waals surface area contributed by atoms with Crippen molar-refractivity contribution < 1.29 is 14.5 Å². The Balaban J connectivity index is 2.10. The van der Waals surface area contributed by atoms with E-state index in [0.717, 1.165) is 18.7 Å². The van der Waals surface area contributed by atoms with Crippen molar-refractivity contribution in [1.82, 2.24) is 4.57 Å². The number of aromatic nitrogens is 2. The summed E-state index contributed by atoms with van der Waals surface area (Å²) < 4.78 is 3.79. The predicted molar refractivity (Wildman–Crippen MR) is 86.2 cm³/mol. The molecule has 0 atom stereocenters. The van der Waals surface area contributed by atoms with Crippen LogP contribution in [0.25, 0.3) is 0 Å². The molecule has 4 nitrogen and oxygen atoms in total. The number of hydrogen-bond acceptors (Lipinski definition) is 2. The molecule has 0 aliphatic heterocycles. The van der Waals surface area contributed by atoms with E-state index in [9.17, 15) is 9.90 Å². The number of hydrogen-bond donors (Lipinski definition) is 0. The third-order valence-electron chi connectivity index (χ3n) is 4.26. The highest BCUT2D eigenvalue weighted by molar-refractivity contribution is 5.64. The van der Waals surface area contributed by atoms with Crippen molar-refractivity contribution in [3.63, 3.8) is 0 Å². The smallest absolute Gasteiger partial charge is 0.256 e. The van der Waals surface area contributed by atoms with Gasteiger partial charge in [-0.1, -0.05) is 64.7 Å². The topological polar surface area (TPSA) is 48.9 Å². The number of aryl methyl sites for hydroxylation is 1. The monoisotopic (exact) mass is 308 g/mol. The highest BCUT2D eigenvalue weighted by atomic mass is 16.4. The van der Waals surface area contributed by atoms with Gasteiger partial charge in [0, 0.05) is 6.42 Å². The fourth-order valence-corrected chi connectivity index (χ4v) is 2.93. The molecule has 4 heteroatoms. The molecule has 1 aromatic heterocycles. The summed E-state index contributed by atoms with van der Waals surface area (Å²) in [6, 6.07) is 0. The standard InChI is InChI=1S/C18H32N2O2/c1-3-4-5-6-7-8-9-10-11-12-13-17-19(2)14-15-20(17)16-18(21)22/h14-15H,3-13,16H2,1-2H3. The fraction of sp³-hybridized carbons (Fsp3) is 0.778. The van der Waals surface area contributed by atoms with Crippen LogP contribution in [0.3, 0.4) is 0 Å². The maximum atomic E-state index is 10.7. The Bertz CT molecular complexity index is 427. The van der Waals surface area contributed by atoms with Crippen molar-refractivity contribution in [3.05, 3.63) is 18.2 Å². The highest BCUT2D eigenvalue weighted by Gasteiger charge is 2.13. The third kappa shape index (κ3) is 7.62. The summed E-state index contributed by atoms with van der Waals surface area (Å²) in [5.41, 5.74) is 0. The number of aliphatic carboxylic acids is 1. The summed E-state index contributed by atoms with van der Waals surface area (Å²) in [5, 5.41) is 10.7. The van der Waals surface area contributed by atoms with Gasteiger partial charge >= 0.3 is 0 Å². The molecule has 0 aliphatic carbocycles. The van der Waals surface area contributed by atoms with Crippen LogP contribution in [-0.2, 0) is 24.8 Å². The highest BCUT2D eigenvalue weighted by Crippen LogP contribution is 2.11. The molecule has 1 heterocycles. The van der Waals surface area contributed by atoms with E-state index in [1.54, 1.807) is 4.57 Å². The second-order valence-corrected chi connectivity index (χ2v) is 6.26. The molecule has 0 fully saturated rings. The molecule has 126 valence electrons. The summed E-state index contributed by atoms with van der Waals surface area (Å²) in [4.78, 5) is 10.7. The van der Waals surface area contributed by atoms with Gasteiger partial charge in [0.1, 0.15) is 18.9 Å². The normalized spacial score (nSPS) is 11.0. The number of imidazole rings is 1. The summed E-state index contributed by atoms with van der Waals surface area (Å²) in [7, 11) is 1.97. The molecule has 0 unspecified atom stereocenters. The Kier molecular flexibility index (Phi) is 9.60. The minimum atomic E-state index is -1.03. The van der Waals surface area contributed by atoms with Crippen LogP contribution in [0.1, 0.15) is 77.0 Å². The lowest BCUT2D eigenvalue weighted by molar-refractivity contribution is -0.678. The molecule has 0 spiro atoms. The van der Waals surface area contributed by atoms with E-state index >= 15 is 0 Å². The Morgan fingerprint density at radius 2 is 1.59 bits per heavy atom. The van der Waals surface area contributed by atoms with Crippen LogP contribution in [-0.4, -0.2) is 10.5 Å². The molecule has 0 bridgehead atoms. The van der Waals surface area contributed by atoms with E-state index in [1.165, 1.54) is 57.8 Å². The van der Waals surface area contributed by atoms with Gasteiger partial charge in [-0.3, -0.25) is 0 Å². The van der Waals surface area contributed by atoms with Crippen LogP contribution in [0, 0.1) is 0 Å². The molecule has 0 amide bonds. The Hall–Kier alpha value is -1.32. The van der Waals surface area contributed by atoms with Gasteiger partial charge in [-0.2, -0.15) is 0 Å². The zero-order valence-electron chi connectivity index (χ0n) is 14.4. The van der Waals surface area contributed by atoms with Crippen LogP contribution in [0.5, 0.6) is 0 Å². The van der Waals surface area contributed by atoms with E-state index in [2.05, 4.69) is 6.92 Å². The molecular formula is C18H32N2O2. The summed E-state index contributed by atoms with van der Waals surface area (Å²) in [5.74, 6) is 0.0456. The average Bonchev–Trinajstić information content (AvgIpc) is 2.81. The first-order valence-corrected chi connectivity index (χ1v) is 8.88. The first-order valence-electron chi connectivity index (χ1n) is 8.88. The molecule has 0 saturated carbocycles.